The highest BCUT2D eigenvalue weighted by molar-refractivity contribution is 6.35. The van der Waals surface area contributed by atoms with Crippen LogP contribution in [0.1, 0.15) is 11.1 Å². The highest BCUT2D eigenvalue weighted by Gasteiger charge is 2.20. The number of benzene rings is 2. The molecule has 1 N–H and O–H groups in total. The van der Waals surface area contributed by atoms with Gasteiger partial charge in [-0.3, -0.25) is 4.79 Å². The summed E-state index contributed by atoms with van der Waals surface area (Å²) in [5.41, 5.74) is 3.47. The summed E-state index contributed by atoms with van der Waals surface area (Å²) in [6.45, 7) is 1.86. The van der Waals surface area contributed by atoms with Crippen LogP contribution in [0, 0.1) is 0 Å². The lowest BCUT2D eigenvalue weighted by atomic mass is 10.1. The Balaban J connectivity index is 1.49. The van der Waals surface area contributed by atoms with Crippen LogP contribution in [0.3, 0.4) is 0 Å². The van der Waals surface area contributed by atoms with E-state index in [9.17, 15) is 4.79 Å². The summed E-state index contributed by atoms with van der Waals surface area (Å²) in [6.07, 6.45) is 1.70. The number of carbonyl (C=O) groups excluding carboxylic acids is 1. The van der Waals surface area contributed by atoms with Crippen molar-refractivity contribution in [1.82, 2.24) is 5.32 Å². The smallest absolute Gasteiger partial charge is 0.239 e. The highest BCUT2D eigenvalue weighted by atomic mass is 35.5. The fraction of sp³-hybridized carbons (Fsp3) is 0.278. The summed E-state index contributed by atoms with van der Waals surface area (Å²) in [4.78, 5) is 14.3. The largest absolute Gasteiger partial charge is 0.362 e. The number of hydrogen-bond donors (Lipinski definition) is 1. The minimum atomic E-state index is 0.0341. The van der Waals surface area contributed by atoms with E-state index in [0.717, 1.165) is 18.5 Å². The summed E-state index contributed by atoms with van der Waals surface area (Å²) in [5.74, 6) is 0.0341. The molecule has 5 heteroatoms. The number of anilines is 1. The molecule has 2 aromatic rings. The fourth-order valence-corrected chi connectivity index (χ4v) is 3.36. The van der Waals surface area contributed by atoms with Crippen molar-refractivity contribution in [2.75, 3.05) is 24.5 Å². The third-order valence-electron chi connectivity index (χ3n) is 4.05. The zero-order valence-electron chi connectivity index (χ0n) is 12.7. The zero-order valence-corrected chi connectivity index (χ0v) is 14.2. The molecule has 2 aromatic carbocycles. The molecule has 1 aliphatic rings. The van der Waals surface area contributed by atoms with Crippen LogP contribution in [-0.2, 0) is 17.6 Å². The number of halogens is 2. The van der Waals surface area contributed by atoms with Gasteiger partial charge in [0, 0.05) is 28.8 Å². The van der Waals surface area contributed by atoms with E-state index in [1.54, 1.807) is 6.07 Å². The number of nitrogens with one attached hydrogen (secondary N) is 1. The molecule has 0 bridgehead atoms. The molecule has 1 aliphatic heterocycles. The number of nitrogens with zero attached hydrogens (tertiary/aromatic N) is 1. The summed E-state index contributed by atoms with van der Waals surface area (Å²) in [7, 11) is 0. The first-order valence-electron chi connectivity index (χ1n) is 7.67. The predicted molar refractivity (Wildman–Crippen MR) is 95.5 cm³/mol. The lowest BCUT2D eigenvalue weighted by Crippen LogP contribution is -2.37. The summed E-state index contributed by atoms with van der Waals surface area (Å²) in [5, 5.41) is 4.22. The van der Waals surface area contributed by atoms with Gasteiger partial charge in [-0.25, -0.2) is 0 Å². The Bertz CT molecular complexity index is 718. The van der Waals surface area contributed by atoms with Crippen molar-refractivity contribution in [3.8, 4) is 0 Å². The Morgan fingerprint density at radius 1 is 1.17 bits per heavy atom. The second-order valence-electron chi connectivity index (χ2n) is 5.64. The fourth-order valence-electron chi connectivity index (χ4n) is 2.86. The topological polar surface area (TPSA) is 32.3 Å². The first kappa shape index (κ1) is 16.2. The monoisotopic (exact) mass is 348 g/mol. The SMILES string of the molecule is O=C(CN1CCc2ccccc21)NCCc1ccc(Cl)cc1Cl. The Morgan fingerprint density at radius 2 is 2.00 bits per heavy atom. The maximum atomic E-state index is 12.1. The van der Waals surface area contributed by atoms with E-state index in [4.69, 9.17) is 23.2 Å². The molecule has 0 fully saturated rings. The molecule has 0 radical (unpaired) electrons. The molecular weight excluding hydrogens is 331 g/mol. The minimum Gasteiger partial charge on any atom is -0.362 e. The van der Waals surface area contributed by atoms with Crippen LogP contribution in [0.25, 0.3) is 0 Å². The van der Waals surface area contributed by atoms with E-state index in [-0.39, 0.29) is 5.91 Å². The third-order valence-corrected chi connectivity index (χ3v) is 4.64. The van der Waals surface area contributed by atoms with E-state index in [1.165, 1.54) is 11.3 Å². The van der Waals surface area contributed by atoms with Gasteiger partial charge in [0.15, 0.2) is 0 Å². The molecule has 120 valence electrons. The van der Waals surface area contributed by atoms with Gasteiger partial charge >= 0.3 is 0 Å². The first-order valence-corrected chi connectivity index (χ1v) is 8.42. The van der Waals surface area contributed by atoms with E-state index in [0.29, 0.717) is 29.6 Å². The molecule has 3 nitrogen and oxygen atoms in total. The van der Waals surface area contributed by atoms with Crippen LogP contribution in [-0.4, -0.2) is 25.5 Å². The first-order chi connectivity index (χ1) is 11.1. The molecule has 0 atom stereocenters. The van der Waals surface area contributed by atoms with Crippen molar-refractivity contribution < 1.29 is 4.79 Å². The van der Waals surface area contributed by atoms with Crippen LogP contribution < -0.4 is 10.2 Å². The number of rotatable bonds is 5. The van der Waals surface area contributed by atoms with Gasteiger partial charge in [-0.2, -0.15) is 0 Å². The summed E-state index contributed by atoms with van der Waals surface area (Å²) >= 11 is 12.0. The van der Waals surface area contributed by atoms with Gasteiger partial charge in [0.1, 0.15) is 0 Å². The average molecular weight is 349 g/mol. The van der Waals surface area contributed by atoms with Gasteiger partial charge in [0.05, 0.1) is 6.54 Å². The van der Waals surface area contributed by atoms with Gasteiger partial charge in [0.25, 0.3) is 0 Å². The Morgan fingerprint density at radius 3 is 2.83 bits per heavy atom. The van der Waals surface area contributed by atoms with Crippen LogP contribution in [0.15, 0.2) is 42.5 Å². The number of carbonyl (C=O) groups is 1. The van der Waals surface area contributed by atoms with E-state index in [1.807, 2.05) is 24.3 Å². The molecule has 1 heterocycles. The molecule has 23 heavy (non-hydrogen) atoms. The van der Waals surface area contributed by atoms with E-state index in [2.05, 4.69) is 22.3 Å². The molecule has 0 aromatic heterocycles. The quantitative estimate of drug-likeness (QED) is 0.892. The molecule has 0 saturated heterocycles. The van der Waals surface area contributed by atoms with Crippen molar-refractivity contribution in [2.45, 2.75) is 12.8 Å². The maximum Gasteiger partial charge on any atom is 0.239 e. The number of hydrogen-bond acceptors (Lipinski definition) is 2. The highest BCUT2D eigenvalue weighted by Crippen LogP contribution is 2.26. The Kier molecular flexibility index (Phi) is 5.09. The average Bonchev–Trinajstić information content (AvgIpc) is 2.93. The molecule has 0 aliphatic carbocycles. The second kappa shape index (κ2) is 7.24. The predicted octanol–water partition coefficient (Wildman–Crippen LogP) is 3.71. The second-order valence-corrected chi connectivity index (χ2v) is 6.48. The van der Waals surface area contributed by atoms with Crippen molar-refractivity contribution >= 4 is 34.8 Å². The summed E-state index contributed by atoms with van der Waals surface area (Å²) in [6, 6.07) is 13.7. The zero-order chi connectivity index (χ0) is 16.2. The number of fused-ring (bicyclic) bond motifs is 1. The van der Waals surface area contributed by atoms with E-state index < -0.39 is 0 Å². The third kappa shape index (κ3) is 3.98. The maximum absolute atomic E-state index is 12.1. The minimum absolute atomic E-state index is 0.0341. The Hall–Kier alpha value is -1.71. The van der Waals surface area contributed by atoms with Gasteiger partial charge in [-0.1, -0.05) is 47.5 Å². The van der Waals surface area contributed by atoms with Gasteiger partial charge in [-0.15, -0.1) is 0 Å². The van der Waals surface area contributed by atoms with Crippen molar-refractivity contribution in [3.63, 3.8) is 0 Å². The van der Waals surface area contributed by atoms with Gasteiger partial charge < -0.3 is 10.2 Å². The van der Waals surface area contributed by atoms with Crippen molar-refractivity contribution in [3.05, 3.63) is 63.6 Å². The van der Waals surface area contributed by atoms with Gasteiger partial charge in [0.2, 0.25) is 5.91 Å². The van der Waals surface area contributed by atoms with Crippen LogP contribution in [0.2, 0.25) is 10.0 Å². The molecule has 0 unspecified atom stereocenters. The Labute approximate surface area is 146 Å². The molecular formula is C18H18Cl2N2O. The van der Waals surface area contributed by atoms with E-state index >= 15 is 0 Å². The van der Waals surface area contributed by atoms with Crippen LogP contribution in [0.4, 0.5) is 5.69 Å². The number of para-hydroxylation sites is 1. The number of amides is 1. The molecule has 0 spiro atoms. The normalized spacial score (nSPS) is 13.0. The van der Waals surface area contributed by atoms with Crippen molar-refractivity contribution in [2.24, 2.45) is 0 Å². The van der Waals surface area contributed by atoms with Gasteiger partial charge in [-0.05, 0) is 42.2 Å². The van der Waals surface area contributed by atoms with Crippen LogP contribution >= 0.6 is 23.2 Å². The molecule has 0 saturated carbocycles. The standard InChI is InChI=1S/C18H18Cl2N2O/c19-15-6-5-13(16(20)11-15)7-9-21-18(23)12-22-10-8-14-3-1-2-4-17(14)22/h1-6,11H,7-10,12H2,(H,21,23). The van der Waals surface area contributed by atoms with Crippen molar-refractivity contribution in [1.29, 1.82) is 0 Å². The van der Waals surface area contributed by atoms with Crippen LogP contribution in [0.5, 0.6) is 0 Å². The molecule has 3 rings (SSSR count). The summed E-state index contributed by atoms with van der Waals surface area (Å²) < 4.78 is 0. The lowest BCUT2D eigenvalue weighted by Gasteiger charge is -2.18. The molecule has 1 amide bonds. The lowest BCUT2D eigenvalue weighted by molar-refractivity contribution is -0.119.